The second kappa shape index (κ2) is 8.96. The van der Waals surface area contributed by atoms with Crippen LogP contribution in [0.4, 0.5) is 10.5 Å². The van der Waals surface area contributed by atoms with Gasteiger partial charge in [0, 0.05) is 25.9 Å². The van der Waals surface area contributed by atoms with Gasteiger partial charge in [0.1, 0.15) is 0 Å². The van der Waals surface area contributed by atoms with Crippen molar-refractivity contribution in [3.05, 3.63) is 54.6 Å². The molecule has 0 aromatic heterocycles. The van der Waals surface area contributed by atoms with E-state index in [0.29, 0.717) is 13.2 Å². The lowest BCUT2D eigenvalue weighted by Crippen LogP contribution is -2.37. The van der Waals surface area contributed by atoms with Gasteiger partial charge in [0.05, 0.1) is 6.61 Å². The van der Waals surface area contributed by atoms with Crippen LogP contribution in [0, 0.1) is 0 Å². The van der Waals surface area contributed by atoms with E-state index in [4.69, 9.17) is 4.74 Å². The molecule has 0 bridgehead atoms. The summed E-state index contributed by atoms with van der Waals surface area (Å²) in [5, 5.41) is 2.95. The van der Waals surface area contributed by atoms with Gasteiger partial charge in [0.2, 0.25) is 0 Å². The van der Waals surface area contributed by atoms with Gasteiger partial charge in [0.25, 0.3) is 0 Å². The first-order valence-electron chi connectivity index (χ1n) is 7.95. The smallest absolute Gasteiger partial charge is 0.321 e. The van der Waals surface area contributed by atoms with Crippen molar-refractivity contribution in [1.82, 2.24) is 4.90 Å². The number of benzene rings is 2. The first-order chi connectivity index (χ1) is 11.2. The van der Waals surface area contributed by atoms with Gasteiger partial charge in [-0.05, 0) is 29.7 Å². The van der Waals surface area contributed by atoms with E-state index in [-0.39, 0.29) is 6.03 Å². The fourth-order valence-electron chi connectivity index (χ4n) is 2.37. The maximum Gasteiger partial charge on any atom is 0.321 e. The van der Waals surface area contributed by atoms with E-state index in [1.165, 1.54) is 0 Å². The minimum atomic E-state index is -0.0867. The Morgan fingerprint density at radius 3 is 2.26 bits per heavy atom. The maximum atomic E-state index is 12.3. The zero-order chi connectivity index (χ0) is 16.5. The Hall–Kier alpha value is -2.33. The molecule has 0 aliphatic rings. The number of anilines is 1. The van der Waals surface area contributed by atoms with Gasteiger partial charge in [-0.15, -0.1) is 0 Å². The summed E-state index contributed by atoms with van der Waals surface area (Å²) in [7, 11) is 1.64. The Morgan fingerprint density at radius 2 is 1.65 bits per heavy atom. The van der Waals surface area contributed by atoms with Crippen LogP contribution in [0.3, 0.4) is 0 Å². The number of amides is 2. The Balaban J connectivity index is 2.00. The fourth-order valence-corrected chi connectivity index (χ4v) is 2.37. The van der Waals surface area contributed by atoms with E-state index in [1.54, 1.807) is 12.0 Å². The largest absolute Gasteiger partial charge is 0.383 e. The lowest BCUT2D eigenvalue weighted by Gasteiger charge is -2.22. The van der Waals surface area contributed by atoms with Crippen molar-refractivity contribution in [1.29, 1.82) is 0 Å². The highest BCUT2D eigenvalue weighted by Gasteiger charge is 2.12. The number of nitrogens with one attached hydrogen (secondary N) is 1. The minimum absolute atomic E-state index is 0.0867. The molecule has 0 aliphatic carbocycles. The third kappa shape index (κ3) is 5.11. The average Bonchev–Trinajstić information content (AvgIpc) is 2.60. The number of urea groups is 1. The predicted octanol–water partition coefficient (Wildman–Crippen LogP) is 4.24. The highest BCUT2D eigenvalue weighted by Crippen LogP contribution is 2.21. The molecule has 122 valence electrons. The Kier molecular flexibility index (Phi) is 6.63. The summed E-state index contributed by atoms with van der Waals surface area (Å²) >= 11 is 0. The number of methoxy groups -OCH3 is 1. The zero-order valence-corrected chi connectivity index (χ0v) is 13.8. The summed E-state index contributed by atoms with van der Waals surface area (Å²) in [6, 6.07) is 18.0. The molecule has 0 aliphatic heterocycles. The molecule has 0 saturated carbocycles. The van der Waals surface area contributed by atoms with Crippen LogP contribution in [0.25, 0.3) is 11.1 Å². The molecule has 0 atom stereocenters. The number of hydrogen-bond acceptors (Lipinski definition) is 2. The fraction of sp³-hybridized carbons (Fsp3) is 0.316. The molecule has 23 heavy (non-hydrogen) atoms. The molecule has 0 fully saturated rings. The quantitative estimate of drug-likeness (QED) is 0.830. The lowest BCUT2D eigenvalue weighted by molar-refractivity contribution is 0.155. The molecule has 1 N–H and O–H groups in total. The number of ether oxygens (including phenoxy) is 1. The number of carbonyl (C=O) groups is 1. The van der Waals surface area contributed by atoms with Crippen LogP contribution in [-0.4, -0.2) is 37.7 Å². The summed E-state index contributed by atoms with van der Waals surface area (Å²) in [4.78, 5) is 14.1. The van der Waals surface area contributed by atoms with Crippen LogP contribution in [0.1, 0.15) is 13.3 Å². The topological polar surface area (TPSA) is 41.6 Å². The molecule has 0 heterocycles. The standard InChI is InChI=1S/C19H24N2O2/c1-3-13-21(14-15-23-2)19(22)20-18-11-9-17(10-12-18)16-7-5-4-6-8-16/h4-12H,3,13-15H2,1-2H3,(H,20,22). The van der Waals surface area contributed by atoms with E-state index >= 15 is 0 Å². The van der Waals surface area contributed by atoms with Gasteiger partial charge in [-0.1, -0.05) is 49.4 Å². The Bertz CT molecular complexity index is 597. The molecular formula is C19H24N2O2. The minimum Gasteiger partial charge on any atom is -0.383 e. The van der Waals surface area contributed by atoms with Gasteiger partial charge in [-0.3, -0.25) is 0 Å². The number of nitrogens with zero attached hydrogens (tertiary/aromatic N) is 1. The molecule has 2 rings (SSSR count). The first kappa shape index (κ1) is 17.0. The number of carbonyl (C=O) groups excluding carboxylic acids is 1. The van der Waals surface area contributed by atoms with Crippen LogP contribution < -0.4 is 5.32 Å². The molecule has 0 spiro atoms. The van der Waals surface area contributed by atoms with Crippen LogP contribution >= 0.6 is 0 Å². The molecular weight excluding hydrogens is 288 g/mol. The van der Waals surface area contributed by atoms with Crippen molar-refractivity contribution < 1.29 is 9.53 Å². The second-order valence-electron chi connectivity index (χ2n) is 5.35. The molecule has 2 aromatic rings. The van der Waals surface area contributed by atoms with Crippen molar-refractivity contribution >= 4 is 11.7 Å². The summed E-state index contributed by atoms with van der Waals surface area (Å²) in [5.74, 6) is 0. The number of hydrogen-bond donors (Lipinski definition) is 1. The summed E-state index contributed by atoms with van der Waals surface area (Å²) in [5.41, 5.74) is 3.10. The van der Waals surface area contributed by atoms with Crippen LogP contribution in [0.5, 0.6) is 0 Å². The van der Waals surface area contributed by atoms with Crippen molar-refractivity contribution in [2.24, 2.45) is 0 Å². The molecule has 0 saturated heterocycles. The van der Waals surface area contributed by atoms with E-state index in [2.05, 4.69) is 24.4 Å². The number of rotatable bonds is 7. The summed E-state index contributed by atoms with van der Waals surface area (Å²) in [6.45, 7) is 3.91. The molecule has 2 aromatic carbocycles. The molecule has 0 unspecified atom stereocenters. The van der Waals surface area contributed by atoms with E-state index in [1.807, 2.05) is 42.5 Å². The van der Waals surface area contributed by atoms with Gasteiger partial charge in [-0.2, -0.15) is 0 Å². The normalized spacial score (nSPS) is 10.3. The molecule has 4 nitrogen and oxygen atoms in total. The summed E-state index contributed by atoms with van der Waals surface area (Å²) in [6.07, 6.45) is 0.921. The second-order valence-corrected chi connectivity index (χ2v) is 5.35. The van der Waals surface area contributed by atoms with E-state index < -0.39 is 0 Å². The highest BCUT2D eigenvalue weighted by molar-refractivity contribution is 5.89. The van der Waals surface area contributed by atoms with Gasteiger partial charge in [-0.25, -0.2) is 4.79 Å². The van der Waals surface area contributed by atoms with Gasteiger partial charge < -0.3 is 15.0 Å². The van der Waals surface area contributed by atoms with Crippen LogP contribution in [-0.2, 0) is 4.74 Å². The van der Waals surface area contributed by atoms with Crippen molar-refractivity contribution in [2.45, 2.75) is 13.3 Å². The summed E-state index contributed by atoms with van der Waals surface area (Å²) < 4.78 is 5.06. The average molecular weight is 312 g/mol. The molecule has 4 heteroatoms. The van der Waals surface area contributed by atoms with Gasteiger partial charge >= 0.3 is 6.03 Å². The van der Waals surface area contributed by atoms with Crippen LogP contribution in [0.15, 0.2) is 54.6 Å². The third-order valence-corrected chi connectivity index (χ3v) is 3.59. The zero-order valence-electron chi connectivity index (χ0n) is 13.8. The van der Waals surface area contributed by atoms with Crippen molar-refractivity contribution in [3.63, 3.8) is 0 Å². The van der Waals surface area contributed by atoms with Crippen molar-refractivity contribution in [2.75, 3.05) is 32.1 Å². The van der Waals surface area contributed by atoms with Crippen molar-refractivity contribution in [3.8, 4) is 11.1 Å². The Labute approximate surface area is 138 Å². The van der Waals surface area contributed by atoms with Gasteiger partial charge in [0.15, 0.2) is 0 Å². The van der Waals surface area contributed by atoms with E-state index in [9.17, 15) is 4.79 Å². The highest BCUT2D eigenvalue weighted by atomic mass is 16.5. The lowest BCUT2D eigenvalue weighted by atomic mass is 10.1. The van der Waals surface area contributed by atoms with Crippen LogP contribution in [0.2, 0.25) is 0 Å². The molecule has 0 radical (unpaired) electrons. The van der Waals surface area contributed by atoms with E-state index in [0.717, 1.165) is 29.8 Å². The Morgan fingerprint density at radius 1 is 1.00 bits per heavy atom. The monoisotopic (exact) mass is 312 g/mol. The molecule has 2 amide bonds. The maximum absolute atomic E-state index is 12.3. The first-order valence-corrected chi connectivity index (χ1v) is 7.95. The predicted molar refractivity (Wildman–Crippen MR) is 94.6 cm³/mol. The SMILES string of the molecule is CCCN(CCOC)C(=O)Nc1ccc(-c2ccccc2)cc1. The third-order valence-electron chi connectivity index (χ3n) is 3.59.